The second-order valence-electron chi connectivity index (χ2n) is 6.67. The van der Waals surface area contributed by atoms with E-state index in [1.165, 1.54) is 32.5 Å². The maximum Gasteiger partial charge on any atom is 0.191 e. The van der Waals surface area contributed by atoms with E-state index in [4.69, 9.17) is 16.3 Å². The summed E-state index contributed by atoms with van der Waals surface area (Å²) in [6, 6.07) is 7.43. The SMILES string of the molecule is CCCN1CCC(CNC(=NC)NCC(C)Oc2ccc(Cl)cc2)C1. The Morgan fingerprint density at radius 2 is 2.12 bits per heavy atom. The van der Waals surface area contributed by atoms with Gasteiger partial charge in [0.05, 0.1) is 6.54 Å². The van der Waals surface area contributed by atoms with Gasteiger partial charge < -0.3 is 20.3 Å². The number of nitrogens with one attached hydrogen (secondary N) is 2. The Balaban J connectivity index is 1.67. The van der Waals surface area contributed by atoms with Crippen molar-refractivity contribution < 1.29 is 4.74 Å². The molecule has 1 saturated heterocycles. The van der Waals surface area contributed by atoms with Gasteiger partial charge in [0, 0.05) is 25.2 Å². The van der Waals surface area contributed by atoms with E-state index in [0.29, 0.717) is 17.5 Å². The fraction of sp³-hybridized carbons (Fsp3) is 0.632. The summed E-state index contributed by atoms with van der Waals surface area (Å²) in [5.41, 5.74) is 0. The van der Waals surface area contributed by atoms with Crippen LogP contribution in [0.15, 0.2) is 29.3 Å². The third kappa shape index (κ3) is 7.12. The maximum absolute atomic E-state index is 5.89. The van der Waals surface area contributed by atoms with E-state index < -0.39 is 0 Å². The first-order valence-electron chi connectivity index (χ1n) is 9.19. The molecule has 2 atom stereocenters. The first kappa shape index (κ1) is 19.9. The molecule has 0 spiro atoms. The summed E-state index contributed by atoms with van der Waals surface area (Å²) in [5, 5.41) is 7.49. The highest BCUT2D eigenvalue weighted by Crippen LogP contribution is 2.17. The minimum atomic E-state index is 0.0336. The quantitative estimate of drug-likeness (QED) is 0.548. The molecule has 0 radical (unpaired) electrons. The van der Waals surface area contributed by atoms with Crippen LogP contribution in [0.1, 0.15) is 26.7 Å². The Labute approximate surface area is 156 Å². The molecule has 1 aromatic rings. The lowest BCUT2D eigenvalue weighted by Crippen LogP contribution is -2.43. The molecule has 25 heavy (non-hydrogen) atoms. The van der Waals surface area contributed by atoms with Gasteiger partial charge in [-0.05, 0) is 63.0 Å². The van der Waals surface area contributed by atoms with Gasteiger partial charge in [-0.15, -0.1) is 0 Å². The molecule has 140 valence electrons. The van der Waals surface area contributed by atoms with Crippen LogP contribution in [0.5, 0.6) is 5.75 Å². The number of hydrogen-bond donors (Lipinski definition) is 2. The van der Waals surface area contributed by atoms with Crippen LogP contribution in [0.25, 0.3) is 0 Å². The number of nitrogens with zero attached hydrogens (tertiary/aromatic N) is 2. The topological polar surface area (TPSA) is 48.9 Å². The number of hydrogen-bond acceptors (Lipinski definition) is 3. The lowest BCUT2D eigenvalue weighted by atomic mass is 10.1. The van der Waals surface area contributed by atoms with Gasteiger partial charge in [0.15, 0.2) is 5.96 Å². The zero-order chi connectivity index (χ0) is 18.1. The molecule has 0 saturated carbocycles. The van der Waals surface area contributed by atoms with Gasteiger partial charge in [-0.1, -0.05) is 18.5 Å². The first-order chi connectivity index (χ1) is 12.1. The van der Waals surface area contributed by atoms with Gasteiger partial charge in [-0.3, -0.25) is 4.99 Å². The molecule has 1 heterocycles. The van der Waals surface area contributed by atoms with E-state index in [1.54, 1.807) is 7.05 Å². The number of rotatable bonds is 8. The van der Waals surface area contributed by atoms with E-state index in [9.17, 15) is 0 Å². The standard InChI is InChI=1S/C19H31ClN4O/c1-4-10-24-11-9-16(14-24)13-23-19(21-3)22-12-15(2)25-18-7-5-17(20)6-8-18/h5-8,15-16H,4,9-14H2,1-3H3,(H2,21,22,23). The lowest BCUT2D eigenvalue weighted by Gasteiger charge is -2.19. The second kappa shape index (κ2) is 10.5. The van der Waals surface area contributed by atoms with Gasteiger partial charge in [0.2, 0.25) is 0 Å². The Morgan fingerprint density at radius 1 is 1.36 bits per heavy atom. The molecule has 0 aromatic heterocycles. The normalized spacial score (nSPS) is 19.7. The molecule has 6 heteroatoms. The van der Waals surface area contributed by atoms with Crippen molar-refractivity contribution in [2.24, 2.45) is 10.9 Å². The third-order valence-corrected chi connectivity index (χ3v) is 4.65. The van der Waals surface area contributed by atoms with E-state index in [-0.39, 0.29) is 6.10 Å². The zero-order valence-electron chi connectivity index (χ0n) is 15.6. The summed E-state index contributed by atoms with van der Waals surface area (Å²) in [7, 11) is 1.80. The van der Waals surface area contributed by atoms with Crippen molar-refractivity contribution in [3.8, 4) is 5.75 Å². The van der Waals surface area contributed by atoms with E-state index >= 15 is 0 Å². The minimum absolute atomic E-state index is 0.0336. The number of halogens is 1. The molecule has 2 unspecified atom stereocenters. The summed E-state index contributed by atoms with van der Waals surface area (Å²) < 4.78 is 5.87. The van der Waals surface area contributed by atoms with Crippen molar-refractivity contribution in [3.05, 3.63) is 29.3 Å². The molecule has 5 nitrogen and oxygen atoms in total. The fourth-order valence-corrected chi connectivity index (χ4v) is 3.21. The van der Waals surface area contributed by atoms with E-state index in [0.717, 1.165) is 18.3 Å². The van der Waals surface area contributed by atoms with Crippen molar-refractivity contribution in [2.45, 2.75) is 32.8 Å². The van der Waals surface area contributed by atoms with Gasteiger partial charge >= 0.3 is 0 Å². The third-order valence-electron chi connectivity index (χ3n) is 4.40. The summed E-state index contributed by atoms with van der Waals surface area (Å²) in [4.78, 5) is 6.85. The molecular formula is C19H31ClN4O. The van der Waals surface area contributed by atoms with Gasteiger partial charge in [0.25, 0.3) is 0 Å². The average Bonchev–Trinajstić information content (AvgIpc) is 3.05. The molecule has 0 aliphatic carbocycles. The van der Waals surface area contributed by atoms with Crippen LogP contribution in [0.2, 0.25) is 5.02 Å². The van der Waals surface area contributed by atoms with Crippen LogP contribution >= 0.6 is 11.6 Å². The van der Waals surface area contributed by atoms with Gasteiger partial charge in [-0.25, -0.2) is 0 Å². The Hall–Kier alpha value is -1.46. The number of guanidine groups is 1. The second-order valence-corrected chi connectivity index (χ2v) is 7.11. The Morgan fingerprint density at radius 3 is 2.80 bits per heavy atom. The van der Waals surface area contributed by atoms with E-state index in [2.05, 4.69) is 27.4 Å². The maximum atomic E-state index is 5.89. The Kier molecular flexibility index (Phi) is 8.35. The lowest BCUT2D eigenvalue weighted by molar-refractivity contribution is 0.224. The van der Waals surface area contributed by atoms with Crippen molar-refractivity contribution in [1.82, 2.24) is 15.5 Å². The molecule has 1 aliphatic heterocycles. The van der Waals surface area contributed by atoms with Crippen LogP contribution in [-0.2, 0) is 0 Å². The van der Waals surface area contributed by atoms with E-state index in [1.807, 2.05) is 31.2 Å². The fourth-order valence-electron chi connectivity index (χ4n) is 3.09. The largest absolute Gasteiger partial charge is 0.489 e. The number of benzene rings is 1. The van der Waals surface area contributed by atoms with Gasteiger partial charge in [-0.2, -0.15) is 0 Å². The molecule has 2 rings (SSSR count). The van der Waals surface area contributed by atoms with Crippen molar-refractivity contribution in [2.75, 3.05) is 39.8 Å². The average molecular weight is 367 g/mol. The number of aliphatic imine (C=N–C) groups is 1. The monoisotopic (exact) mass is 366 g/mol. The highest BCUT2D eigenvalue weighted by molar-refractivity contribution is 6.30. The van der Waals surface area contributed by atoms with Crippen molar-refractivity contribution >= 4 is 17.6 Å². The van der Waals surface area contributed by atoms with Crippen LogP contribution in [0, 0.1) is 5.92 Å². The highest BCUT2D eigenvalue weighted by Gasteiger charge is 2.21. The summed E-state index contributed by atoms with van der Waals surface area (Å²) in [6.45, 7) is 9.55. The predicted molar refractivity (Wildman–Crippen MR) is 106 cm³/mol. The summed E-state index contributed by atoms with van der Waals surface area (Å²) in [6.07, 6.45) is 2.53. The van der Waals surface area contributed by atoms with Gasteiger partial charge in [0.1, 0.15) is 11.9 Å². The molecule has 2 N–H and O–H groups in total. The van der Waals surface area contributed by atoms with Crippen LogP contribution in [-0.4, -0.2) is 56.7 Å². The summed E-state index contributed by atoms with van der Waals surface area (Å²) in [5.74, 6) is 2.36. The number of likely N-dealkylation sites (tertiary alicyclic amines) is 1. The molecular weight excluding hydrogens is 336 g/mol. The Bertz CT molecular complexity index is 535. The molecule has 1 aliphatic rings. The minimum Gasteiger partial charge on any atom is -0.489 e. The predicted octanol–water partition coefficient (Wildman–Crippen LogP) is 3.00. The van der Waals surface area contributed by atoms with Crippen LogP contribution in [0.4, 0.5) is 0 Å². The smallest absolute Gasteiger partial charge is 0.191 e. The van der Waals surface area contributed by atoms with Crippen LogP contribution in [0.3, 0.4) is 0 Å². The van der Waals surface area contributed by atoms with Crippen molar-refractivity contribution in [3.63, 3.8) is 0 Å². The molecule has 0 amide bonds. The molecule has 1 aromatic carbocycles. The summed E-state index contributed by atoms with van der Waals surface area (Å²) >= 11 is 5.89. The molecule has 1 fully saturated rings. The van der Waals surface area contributed by atoms with Crippen LogP contribution < -0.4 is 15.4 Å². The first-order valence-corrected chi connectivity index (χ1v) is 9.57. The number of ether oxygens (including phenoxy) is 1. The zero-order valence-corrected chi connectivity index (χ0v) is 16.4. The molecule has 0 bridgehead atoms. The van der Waals surface area contributed by atoms with Crippen molar-refractivity contribution in [1.29, 1.82) is 0 Å². The highest BCUT2D eigenvalue weighted by atomic mass is 35.5.